The quantitative estimate of drug-likeness (QED) is 0.481. The fourth-order valence-corrected chi connectivity index (χ4v) is 1.41. The molecule has 1 atom stereocenters. The predicted molar refractivity (Wildman–Crippen MR) is 57.7 cm³/mol. The summed E-state index contributed by atoms with van der Waals surface area (Å²) in [4.78, 5) is 21.0. The Kier molecular flexibility index (Phi) is 2.77. The number of carbonyl (C=O) groups is 1. The number of nitrogens with zero attached hydrogens (tertiary/aromatic N) is 3. The second-order valence-electron chi connectivity index (χ2n) is 3.61. The van der Waals surface area contributed by atoms with E-state index in [4.69, 9.17) is 4.42 Å². The van der Waals surface area contributed by atoms with Crippen LogP contribution in [-0.2, 0) is 0 Å². The summed E-state index contributed by atoms with van der Waals surface area (Å²) in [6.45, 7) is 2.31. The third-order valence-electron chi connectivity index (χ3n) is 2.17. The molecule has 0 aliphatic carbocycles. The van der Waals surface area contributed by atoms with Crippen LogP contribution in [0.1, 0.15) is 12.7 Å². The van der Waals surface area contributed by atoms with E-state index in [1.807, 2.05) is 6.92 Å². The molecule has 0 unspecified atom stereocenters. The maximum absolute atomic E-state index is 11.3. The summed E-state index contributed by atoms with van der Waals surface area (Å²) in [6, 6.07) is 2.38. The fraction of sp³-hybridized carbons (Fsp3) is 0.333. The van der Waals surface area contributed by atoms with Crippen LogP contribution in [-0.4, -0.2) is 34.8 Å². The standard InChI is InChI=1S/C9H10N4O4/c1-6-5-12(9(14)11-6)10-4-7-2-3-8(17-7)13(15)16/h2-4,6H,5H2,1H3,(H,11,14)/t6-/m1/s1. The fourth-order valence-electron chi connectivity index (χ4n) is 1.41. The van der Waals surface area contributed by atoms with Crippen LogP contribution in [0.25, 0.3) is 0 Å². The van der Waals surface area contributed by atoms with Crippen molar-refractivity contribution in [3.63, 3.8) is 0 Å². The van der Waals surface area contributed by atoms with Crippen molar-refractivity contribution in [3.05, 3.63) is 28.0 Å². The van der Waals surface area contributed by atoms with Gasteiger partial charge in [0.2, 0.25) is 0 Å². The average Bonchev–Trinajstić information content (AvgIpc) is 2.82. The molecule has 1 N–H and O–H groups in total. The Morgan fingerprint density at radius 3 is 3.00 bits per heavy atom. The second kappa shape index (κ2) is 4.24. The van der Waals surface area contributed by atoms with Gasteiger partial charge in [0.25, 0.3) is 0 Å². The number of nitrogens with one attached hydrogen (secondary N) is 1. The molecule has 1 saturated heterocycles. The SMILES string of the molecule is C[C@@H]1CN(N=Cc2ccc([N+](=O)[O-])o2)C(=O)N1. The Bertz CT molecular complexity index is 481. The molecule has 2 rings (SSSR count). The summed E-state index contributed by atoms with van der Waals surface area (Å²) in [5.74, 6) is -0.130. The highest BCUT2D eigenvalue weighted by molar-refractivity contribution is 5.81. The molecular formula is C9H10N4O4. The van der Waals surface area contributed by atoms with Gasteiger partial charge in [-0.1, -0.05) is 0 Å². The second-order valence-corrected chi connectivity index (χ2v) is 3.61. The molecule has 0 saturated carbocycles. The highest BCUT2D eigenvalue weighted by Crippen LogP contribution is 2.14. The average molecular weight is 238 g/mol. The Morgan fingerprint density at radius 1 is 1.71 bits per heavy atom. The zero-order valence-corrected chi connectivity index (χ0v) is 8.99. The minimum absolute atomic E-state index is 0.0330. The molecule has 0 radical (unpaired) electrons. The van der Waals surface area contributed by atoms with E-state index in [0.29, 0.717) is 6.54 Å². The van der Waals surface area contributed by atoms with E-state index in [9.17, 15) is 14.9 Å². The number of hydrazone groups is 1. The number of hydrogen-bond donors (Lipinski definition) is 1. The molecule has 2 heterocycles. The maximum atomic E-state index is 11.3. The Labute approximate surface area is 96.0 Å². The lowest BCUT2D eigenvalue weighted by Gasteiger charge is -2.04. The third-order valence-corrected chi connectivity index (χ3v) is 2.17. The summed E-state index contributed by atoms with van der Waals surface area (Å²) in [5, 5.41) is 18.1. The van der Waals surface area contributed by atoms with Gasteiger partial charge in [0.1, 0.15) is 4.92 Å². The van der Waals surface area contributed by atoms with Crippen molar-refractivity contribution in [2.75, 3.05) is 6.54 Å². The number of urea groups is 1. The minimum atomic E-state index is -0.637. The summed E-state index contributed by atoms with van der Waals surface area (Å²) < 4.78 is 4.86. The molecule has 0 aromatic carbocycles. The molecule has 17 heavy (non-hydrogen) atoms. The van der Waals surface area contributed by atoms with E-state index < -0.39 is 4.92 Å². The molecule has 0 bridgehead atoms. The van der Waals surface area contributed by atoms with Crippen LogP contribution in [0.5, 0.6) is 0 Å². The van der Waals surface area contributed by atoms with Crippen molar-refractivity contribution in [3.8, 4) is 0 Å². The zero-order chi connectivity index (χ0) is 12.4. The molecule has 1 aromatic rings. The molecule has 0 spiro atoms. The van der Waals surface area contributed by atoms with Crippen molar-refractivity contribution in [2.45, 2.75) is 13.0 Å². The predicted octanol–water partition coefficient (Wildman–Crippen LogP) is 0.935. The van der Waals surface area contributed by atoms with E-state index in [1.165, 1.54) is 23.4 Å². The summed E-state index contributed by atoms with van der Waals surface area (Å²) in [7, 11) is 0. The van der Waals surface area contributed by atoms with Gasteiger partial charge in [0.15, 0.2) is 5.76 Å². The number of carbonyl (C=O) groups excluding carboxylic acids is 1. The lowest BCUT2D eigenvalue weighted by molar-refractivity contribution is -0.402. The van der Waals surface area contributed by atoms with Gasteiger partial charge in [-0.3, -0.25) is 10.1 Å². The molecule has 2 amide bonds. The summed E-state index contributed by atoms with van der Waals surface area (Å²) in [5.41, 5.74) is 0. The Hall–Kier alpha value is -2.38. The van der Waals surface area contributed by atoms with Crippen molar-refractivity contribution in [1.82, 2.24) is 10.3 Å². The number of rotatable bonds is 3. The normalized spacial score (nSPS) is 19.9. The molecule has 1 aliphatic heterocycles. The maximum Gasteiger partial charge on any atom is 0.433 e. The van der Waals surface area contributed by atoms with E-state index in [1.54, 1.807) is 0 Å². The molecular weight excluding hydrogens is 228 g/mol. The lowest BCUT2D eigenvalue weighted by atomic mass is 10.4. The lowest BCUT2D eigenvalue weighted by Crippen LogP contribution is -2.24. The minimum Gasteiger partial charge on any atom is -0.400 e. The van der Waals surface area contributed by atoms with E-state index in [2.05, 4.69) is 10.4 Å². The van der Waals surface area contributed by atoms with Crippen LogP contribution in [0, 0.1) is 10.1 Å². The van der Waals surface area contributed by atoms with Crippen LogP contribution in [0.15, 0.2) is 21.7 Å². The van der Waals surface area contributed by atoms with Gasteiger partial charge in [-0.2, -0.15) is 5.10 Å². The van der Waals surface area contributed by atoms with Crippen molar-refractivity contribution in [2.24, 2.45) is 5.10 Å². The van der Waals surface area contributed by atoms with Gasteiger partial charge in [-0.05, 0) is 13.0 Å². The summed E-state index contributed by atoms with van der Waals surface area (Å²) in [6.07, 6.45) is 1.27. The Morgan fingerprint density at radius 2 is 2.47 bits per heavy atom. The molecule has 1 fully saturated rings. The first-order chi connectivity index (χ1) is 8.06. The molecule has 90 valence electrons. The molecule has 1 aromatic heterocycles. The van der Waals surface area contributed by atoms with Gasteiger partial charge in [-0.15, -0.1) is 0 Å². The van der Waals surface area contributed by atoms with Crippen LogP contribution < -0.4 is 5.32 Å². The van der Waals surface area contributed by atoms with Crippen LogP contribution in [0.3, 0.4) is 0 Å². The Balaban J connectivity index is 2.05. The monoisotopic (exact) mass is 238 g/mol. The van der Waals surface area contributed by atoms with E-state index >= 15 is 0 Å². The number of hydrogen-bond acceptors (Lipinski definition) is 5. The van der Waals surface area contributed by atoms with Crippen molar-refractivity contribution >= 4 is 18.1 Å². The number of nitro groups is 1. The molecule has 1 aliphatic rings. The number of furan rings is 1. The third kappa shape index (κ3) is 2.41. The zero-order valence-electron chi connectivity index (χ0n) is 8.99. The highest BCUT2D eigenvalue weighted by atomic mass is 16.6. The van der Waals surface area contributed by atoms with E-state index in [0.717, 1.165) is 0 Å². The van der Waals surface area contributed by atoms with Crippen LogP contribution in [0.4, 0.5) is 10.7 Å². The topological polar surface area (TPSA) is 101 Å². The van der Waals surface area contributed by atoms with Gasteiger partial charge in [-0.25, -0.2) is 9.80 Å². The first-order valence-corrected chi connectivity index (χ1v) is 4.92. The molecule has 8 nitrogen and oxygen atoms in total. The summed E-state index contributed by atoms with van der Waals surface area (Å²) >= 11 is 0. The smallest absolute Gasteiger partial charge is 0.400 e. The molecule has 8 heteroatoms. The van der Waals surface area contributed by atoms with Gasteiger partial charge < -0.3 is 9.73 Å². The first kappa shape index (κ1) is 11.1. The van der Waals surface area contributed by atoms with Crippen molar-refractivity contribution < 1.29 is 14.1 Å². The van der Waals surface area contributed by atoms with Gasteiger partial charge >= 0.3 is 11.9 Å². The number of amides is 2. The van der Waals surface area contributed by atoms with Gasteiger partial charge in [0, 0.05) is 6.04 Å². The van der Waals surface area contributed by atoms with Crippen LogP contribution >= 0.6 is 0 Å². The van der Waals surface area contributed by atoms with Crippen molar-refractivity contribution in [1.29, 1.82) is 0 Å². The van der Waals surface area contributed by atoms with E-state index in [-0.39, 0.29) is 23.7 Å². The first-order valence-electron chi connectivity index (χ1n) is 4.92. The largest absolute Gasteiger partial charge is 0.433 e. The van der Waals surface area contributed by atoms with Crippen LogP contribution in [0.2, 0.25) is 0 Å². The van der Waals surface area contributed by atoms with Gasteiger partial charge in [0.05, 0.1) is 18.8 Å². The highest BCUT2D eigenvalue weighted by Gasteiger charge is 2.24.